The molecule has 0 radical (unpaired) electrons. The van der Waals surface area contributed by atoms with Crippen molar-refractivity contribution in [3.8, 4) is 11.3 Å². The number of rotatable bonds is 6. The molecule has 1 atom stereocenters. The lowest BCUT2D eigenvalue weighted by molar-refractivity contribution is -0.131. The van der Waals surface area contributed by atoms with E-state index in [2.05, 4.69) is 10.3 Å². The molecule has 1 aliphatic rings. The Morgan fingerprint density at radius 1 is 0.917 bits per heavy atom. The number of aromatic nitrogens is 1. The van der Waals surface area contributed by atoms with Crippen LogP contribution in [0.1, 0.15) is 0 Å². The van der Waals surface area contributed by atoms with Gasteiger partial charge in [0.15, 0.2) is 10.2 Å². The van der Waals surface area contributed by atoms with Gasteiger partial charge in [0, 0.05) is 22.5 Å². The molecule has 6 nitrogen and oxygen atoms in total. The lowest BCUT2D eigenvalue weighted by atomic mass is 10.0. The first-order valence-corrected chi connectivity index (χ1v) is 13.0. The first kappa shape index (κ1) is 24.4. The van der Waals surface area contributed by atoms with Gasteiger partial charge in [-0.05, 0) is 42.5 Å². The molecule has 1 saturated heterocycles. The van der Waals surface area contributed by atoms with Gasteiger partial charge in [0.25, 0.3) is 0 Å². The van der Waals surface area contributed by atoms with Crippen LogP contribution in [0.25, 0.3) is 11.3 Å². The van der Waals surface area contributed by atoms with Crippen LogP contribution in [0.3, 0.4) is 0 Å². The van der Waals surface area contributed by atoms with Gasteiger partial charge in [0.05, 0.1) is 22.1 Å². The van der Waals surface area contributed by atoms with Crippen LogP contribution in [0.4, 0.5) is 16.5 Å². The first-order valence-electron chi connectivity index (χ1n) is 10.9. The number of carbonyl (C=O) groups is 2. The topological polar surface area (TPSA) is 65.5 Å². The summed E-state index contributed by atoms with van der Waals surface area (Å²) in [6.07, 6.45) is 0. The molecule has 180 valence electrons. The number of thiocarbonyl (C=S) groups is 1. The molecule has 5 rings (SSSR count). The van der Waals surface area contributed by atoms with E-state index in [4.69, 9.17) is 35.4 Å². The number of hydrogen-bond acceptors (Lipinski definition) is 6. The molecule has 36 heavy (non-hydrogen) atoms. The van der Waals surface area contributed by atoms with Crippen molar-refractivity contribution in [1.82, 2.24) is 4.98 Å². The molecule has 0 spiro atoms. The number of nitrogens with zero attached hydrogens (tertiary/aromatic N) is 3. The molecule has 0 aliphatic carbocycles. The standard InChI is InChI=1S/C26H18Cl2N4O2S2/c27-17-11-12-20(28)21(13-17)29-14-19-23(33)31(18-9-5-2-6-10-18)26(35)32(24(19)34)25-30-22(15-36-25)16-7-3-1-4-8-16/h1-13,15,19,29H,14H2. The Morgan fingerprint density at radius 3 is 2.31 bits per heavy atom. The molecule has 2 heterocycles. The third kappa shape index (κ3) is 4.73. The quantitative estimate of drug-likeness (QED) is 0.218. The Kier molecular flexibility index (Phi) is 7.02. The molecule has 1 unspecified atom stereocenters. The molecule has 3 aromatic carbocycles. The number of hydrogen-bond donors (Lipinski definition) is 1. The van der Waals surface area contributed by atoms with E-state index in [-0.39, 0.29) is 11.7 Å². The van der Waals surface area contributed by atoms with Crippen molar-refractivity contribution < 1.29 is 9.59 Å². The highest BCUT2D eigenvalue weighted by atomic mass is 35.5. The summed E-state index contributed by atoms with van der Waals surface area (Å²) in [6, 6.07) is 23.6. The van der Waals surface area contributed by atoms with Gasteiger partial charge in [-0.1, -0.05) is 71.7 Å². The van der Waals surface area contributed by atoms with E-state index in [1.54, 1.807) is 30.3 Å². The van der Waals surface area contributed by atoms with E-state index in [1.807, 2.05) is 53.9 Å². The summed E-state index contributed by atoms with van der Waals surface area (Å²) in [5, 5.41) is 6.32. The van der Waals surface area contributed by atoms with Crippen molar-refractivity contribution in [2.45, 2.75) is 0 Å². The Morgan fingerprint density at radius 2 is 1.58 bits per heavy atom. The van der Waals surface area contributed by atoms with E-state index in [1.165, 1.54) is 21.1 Å². The van der Waals surface area contributed by atoms with Gasteiger partial charge in [-0.15, -0.1) is 11.3 Å². The lowest BCUT2D eigenvalue weighted by Crippen LogP contribution is -2.61. The van der Waals surface area contributed by atoms with Gasteiger partial charge < -0.3 is 5.32 Å². The summed E-state index contributed by atoms with van der Waals surface area (Å²) in [5.74, 6) is -1.97. The lowest BCUT2D eigenvalue weighted by Gasteiger charge is -2.38. The molecule has 1 aromatic heterocycles. The number of nitrogens with one attached hydrogen (secondary N) is 1. The summed E-state index contributed by atoms with van der Waals surface area (Å²) >= 11 is 19.3. The van der Waals surface area contributed by atoms with Crippen LogP contribution in [0.2, 0.25) is 10.0 Å². The summed E-state index contributed by atoms with van der Waals surface area (Å²) < 4.78 is 0. The molecule has 1 N–H and O–H groups in total. The van der Waals surface area contributed by atoms with Gasteiger partial charge >= 0.3 is 0 Å². The Hall–Kier alpha value is -3.30. The fourth-order valence-corrected chi connectivity index (χ4v) is 5.45. The largest absolute Gasteiger partial charge is 0.382 e. The zero-order valence-corrected chi connectivity index (χ0v) is 21.7. The maximum Gasteiger partial charge on any atom is 0.249 e. The Balaban J connectivity index is 1.51. The number of anilines is 3. The second kappa shape index (κ2) is 10.4. The number of benzene rings is 3. The number of halogens is 2. The second-order valence-corrected chi connectivity index (χ2v) is 9.95. The number of amides is 2. The number of thiazole rings is 1. The average Bonchev–Trinajstić information content (AvgIpc) is 3.37. The molecule has 1 aliphatic heterocycles. The highest BCUT2D eigenvalue weighted by Gasteiger charge is 2.46. The van der Waals surface area contributed by atoms with Crippen LogP contribution in [0.5, 0.6) is 0 Å². The molecule has 0 bridgehead atoms. The number of para-hydroxylation sites is 1. The van der Waals surface area contributed by atoms with Crippen molar-refractivity contribution in [1.29, 1.82) is 0 Å². The minimum absolute atomic E-state index is 0.00288. The predicted octanol–water partition coefficient (Wildman–Crippen LogP) is 6.51. The third-order valence-corrected chi connectivity index (χ3v) is 7.37. The maximum absolute atomic E-state index is 13.7. The van der Waals surface area contributed by atoms with Gasteiger partial charge in [0.1, 0.15) is 5.92 Å². The van der Waals surface area contributed by atoms with Crippen LogP contribution in [-0.4, -0.2) is 28.5 Å². The minimum Gasteiger partial charge on any atom is -0.382 e. The Bertz CT molecular complexity index is 1450. The average molecular weight is 553 g/mol. The fraction of sp³-hybridized carbons (Fsp3) is 0.0769. The van der Waals surface area contributed by atoms with Gasteiger partial charge in [0.2, 0.25) is 11.8 Å². The van der Waals surface area contributed by atoms with Crippen LogP contribution < -0.4 is 15.1 Å². The van der Waals surface area contributed by atoms with Gasteiger partial charge in [-0.25, -0.2) is 9.88 Å². The van der Waals surface area contributed by atoms with Crippen molar-refractivity contribution in [3.63, 3.8) is 0 Å². The summed E-state index contributed by atoms with van der Waals surface area (Å²) in [7, 11) is 0. The zero-order valence-electron chi connectivity index (χ0n) is 18.6. The maximum atomic E-state index is 13.7. The van der Waals surface area contributed by atoms with Crippen molar-refractivity contribution in [2.24, 2.45) is 5.92 Å². The SMILES string of the molecule is O=C1C(CNc2cc(Cl)ccc2Cl)C(=O)N(c2nc(-c3ccccc3)cs2)C(=S)N1c1ccccc1. The van der Waals surface area contributed by atoms with Gasteiger partial charge in [-0.2, -0.15) is 0 Å². The van der Waals surface area contributed by atoms with E-state index in [0.717, 1.165) is 11.3 Å². The summed E-state index contributed by atoms with van der Waals surface area (Å²) in [5.41, 5.74) is 2.72. The molecule has 1 fully saturated rings. The highest BCUT2D eigenvalue weighted by Crippen LogP contribution is 2.34. The molecular formula is C26H18Cl2N4O2S2. The number of carbonyl (C=O) groups excluding carboxylic acids is 2. The highest BCUT2D eigenvalue weighted by molar-refractivity contribution is 7.81. The first-order chi connectivity index (χ1) is 17.4. The van der Waals surface area contributed by atoms with E-state index < -0.39 is 17.7 Å². The Labute approximate surface area is 227 Å². The van der Waals surface area contributed by atoms with E-state index >= 15 is 0 Å². The van der Waals surface area contributed by atoms with E-state index in [0.29, 0.717) is 26.6 Å². The van der Waals surface area contributed by atoms with Gasteiger partial charge in [-0.3, -0.25) is 14.5 Å². The normalized spacial score (nSPS) is 15.9. The minimum atomic E-state index is -1.07. The molecule has 4 aromatic rings. The van der Waals surface area contributed by atoms with Crippen molar-refractivity contribution >= 4 is 80.2 Å². The molecule has 2 amide bonds. The predicted molar refractivity (Wildman–Crippen MR) is 150 cm³/mol. The zero-order chi connectivity index (χ0) is 25.2. The summed E-state index contributed by atoms with van der Waals surface area (Å²) in [6.45, 7) is -0.00288. The smallest absolute Gasteiger partial charge is 0.249 e. The van der Waals surface area contributed by atoms with E-state index in [9.17, 15) is 9.59 Å². The van der Waals surface area contributed by atoms with Crippen LogP contribution >= 0.6 is 46.8 Å². The monoisotopic (exact) mass is 552 g/mol. The summed E-state index contributed by atoms with van der Waals surface area (Å²) in [4.78, 5) is 34.7. The molecule has 0 saturated carbocycles. The fourth-order valence-electron chi connectivity index (χ4n) is 3.82. The van der Waals surface area contributed by atoms with Crippen LogP contribution in [0.15, 0.2) is 84.2 Å². The van der Waals surface area contributed by atoms with Crippen molar-refractivity contribution in [2.75, 3.05) is 21.7 Å². The van der Waals surface area contributed by atoms with Crippen molar-refractivity contribution in [3.05, 3.63) is 94.3 Å². The molecule has 10 heteroatoms. The third-order valence-electron chi connectivity index (χ3n) is 5.61. The molecular weight excluding hydrogens is 535 g/mol. The second-order valence-electron chi connectivity index (χ2n) is 7.90. The van der Waals surface area contributed by atoms with Crippen LogP contribution in [0, 0.1) is 5.92 Å². The van der Waals surface area contributed by atoms with Crippen LogP contribution in [-0.2, 0) is 9.59 Å².